The molecule has 0 unspecified atom stereocenters. The molecule has 1 heterocycles. The van der Waals surface area contributed by atoms with Crippen molar-refractivity contribution in [2.75, 3.05) is 20.3 Å². The molecule has 0 aliphatic carbocycles. The number of ether oxygens (including phenoxy) is 2. The lowest BCUT2D eigenvalue weighted by atomic mass is 10.1. The van der Waals surface area contributed by atoms with E-state index in [1.54, 1.807) is 0 Å². The average molecular weight is 375 g/mol. The summed E-state index contributed by atoms with van der Waals surface area (Å²) in [4.78, 5) is 23.5. The number of rotatable bonds is 5. The Bertz CT molecular complexity index is 736. The van der Waals surface area contributed by atoms with E-state index in [9.17, 15) is 18.0 Å². The number of hydrogen-bond acceptors (Lipinski definition) is 8. The van der Waals surface area contributed by atoms with Crippen molar-refractivity contribution in [1.82, 2.24) is 15.3 Å². The lowest BCUT2D eigenvalue weighted by Crippen LogP contribution is -2.63. The third kappa shape index (κ3) is 3.72. The minimum atomic E-state index is -4.20. The summed E-state index contributed by atoms with van der Waals surface area (Å²) in [5.74, 6) is -1.86. The number of hydrogen-bond donors (Lipinski definition) is 4. The standard InChI is InChI=1S/C13H17N3O8S/c1-23-8-2-4-9(5-3-8)25(21,22)16-6-7-24-11(13(18)15-20)10(16)12(17)14-19/h2-5,10-11,19-20H,6-7H2,1H3,(H,14,17)(H,15,18)/t10-,11+/m1/s1. The largest absolute Gasteiger partial charge is 0.497 e. The molecule has 1 aromatic carbocycles. The molecule has 0 aromatic heterocycles. The second-order valence-corrected chi connectivity index (χ2v) is 6.87. The summed E-state index contributed by atoms with van der Waals surface area (Å²) in [7, 11) is -2.78. The van der Waals surface area contributed by atoms with Gasteiger partial charge in [-0.2, -0.15) is 4.31 Å². The topological polar surface area (TPSA) is 154 Å². The molecule has 12 heteroatoms. The van der Waals surface area contributed by atoms with E-state index in [0.717, 1.165) is 4.31 Å². The van der Waals surface area contributed by atoms with E-state index in [0.29, 0.717) is 5.75 Å². The Balaban J connectivity index is 2.44. The minimum absolute atomic E-state index is 0.144. The van der Waals surface area contributed by atoms with E-state index in [2.05, 4.69) is 0 Å². The Kier molecular flexibility index (Phi) is 5.92. The van der Waals surface area contributed by atoms with Crippen molar-refractivity contribution in [2.45, 2.75) is 17.0 Å². The van der Waals surface area contributed by atoms with Crippen LogP contribution >= 0.6 is 0 Å². The number of carbonyl (C=O) groups excluding carboxylic acids is 2. The smallest absolute Gasteiger partial charge is 0.274 e. The van der Waals surface area contributed by atoms with E-state index in [-0.39, 0.29) is 18.0 Å². The molecule has 1 aromatic rings. The lowest BCUT2D eigenvalue weighted by molar-refractivity contribution is -0.158. The summed E-state index contributed by atoms with van der Waals surface area (Å²) >= 11 is 0. The number of sulfonamides is 1. The molecule has 1 aliphatic rings. The molecule has 138 valence electrons. The molecular weight excluding hydrogens is 358 g/mol. The maximum atomic E-state index is 12.8. The molecule has 1 saturated heterocycles. The van der Waals surface area contributed by atoms with Gasteiger partial charge in [-0.1, -0.05) is 0 Å². The van der Waals surface area contributed by atoms with Crippen molar-refractivity contribution in [3.63, 3.8) is 0 Å². The Labute approximate surface area is 143 Å². The molecule has 2 atom stereocenters. The number of carbonyl (C=O) groups is 2. The number of amides is 2. The van der Waals surface area contributed by atoms with E-state index >= 15 is 0 Å². The SMILES string of the molecule is COc1ccc(S(=O)(=O)N2CCO[C@H](C(=O)NO)[C@@H]2C(=O)NO)cc1. The first-order chi connectivity index (χ1) is 11.9. The Morgan fingerprint density at radius 2 is 1.80 bits per heavy atom. The van der Waals surface area contributed by atoms with Crippen molar-refractivity contribution >= 4 is 21.8 Å². The van der Waals surface area contributed by atoms with Gasteiger partial charge in [0.1, 0.15) is 11.8 Å². The predicted octanol–water partition coefficient (Wildman–Crippen LogP) is -1.54. The van der Waals surface area contributed by atoms with Gasteiger partial charge in [-0.3, -0.25) is 20.0 Å². The fourth-order valence-corrected chi connectivity index (χ4v) is 3.99. The highest BCUT2D eigenvalue weighted by Gasteiger charge is 2.47. The van der Waals surface area contributed by atoms with Crippen molar-refractivity contribution in [3.05, 3.63) is 24.3 Å². The monoisotopic (exact) mass is 375 g/mol. The van der Waals surface area contributed by atoms with E-state index in [1.807, 2.05) is 0 Å². The number of benzene rings is 1. The molecule has 1 fully saturated rings. The zero-order chi connectivity index (χ0) is 18.6. The first-order valence-electron chi connectivity index (χ1n) is 7.02. The molecule has 0 saturated carbocycles. The van der Waals surface area contributed by atoms with Gasteiger partial charge < -0.3 is 9.47 Å². The molecule has 0 spiro atoms. The second kappa shape index (κ2) is 7.76. The highest BCUT2D eigenvalue weighted by Crippen LogP contribution is 2.25. The van der Waals surface area contributed by atoms with Crippen LogP contribution in [0.3, 0.4) is 0 Å². The van der Waals surface area contributed by atoms with E-state index < -0.39 is 34.0 Å². The van der Waals surface area contributed by atoms with Crippen LogP contribution in [-0.4, -0.2) is 67.4 Å². The van der Waals surface area contributed by atoms with E-state index in [4.69, 9.17) is 19.9 Å². The van der Waals surface area contributed by atoms with Crippen LogP contribution in [0.1, 0.15) is 0 Å². The average Bonchev–Trinajstić information content (AvgIpc) is 2.66. The predicted molar refractivity (Wildman–Crippen MR) is 80.3 cm³/mol. The number of nitrogens with one attached hydrogen (secondary N) is 2. The summed E-state index contributed by atoms with van der Waals surface area (Å²) in [6.45, 7) is -0.426. The third-order valence-corrected chi connectivity index (χ3v) is 5.51. The Morgan fingerprint density at radius 3 is 2.32 bits per heavy atom. The maximum Gasteiger partial charge on any atom is 0.274 e. The molecular formula is C13H17N3O8S. The summed E-state index contributed by atoms with van der Waals surface area (Å²) in [6, 6.07) is 3.69. The maximum absolute atomic E-state index is 12.8. The van der Waals surface area contributed by atoms with Crippen LogP contribution in [0.4, 0.5) is 0 Å². The van der Waals surface area contributed by atoms with E-state index in [1.165, 1.54) is 42.3 Å². The van der Waals surface area contributed by atoms with Gasteiger partial charge in [0.05, 0.1) is 18.6 Å². The number of hydroxylamine groups is 2. The fraction of sp³-hybridized carbons (Fsp3) is 0.385. The fourth-order valence-electron chi connectivity index (χ4n) is 2.42. The van der Waals surface area contributed by atoms with Crippen molar-refractivity contribution in [2.24, 2.45) is 0 Å². The second-order valence-electron chi connectivity index (χ2n) is 4.98. The van der Waals surface area contributed by atoms with Gasteiger partial charge in [-0.15, -0.1) is 0 Å². The molecule has 25 heavy (non-hydrogen) atoms. The van der Waals surface area contributed by atoms with Crippen molar-refractivity contribution in [1.29, 1.82) is 0 Å². The molecule has 0 bridgehead atoms. The molecule has 1 aliphatic heterocycles. The van der Waals surface area contributed by atoms with Crippen LogP contribution < -0.4 is 15.7 Å². The Morgan fingerprint density at radius 1 is 1.20 bits per heavy atom. The summed E-state index contributed by atoms with van der Waals surface area (Å²) < 4.78 is 36.5. The molecule has 2 rings (SSSR count). The van der Waals surface area contributed by atoms with Crippen LogP contribution in [0, 0.1) is 0 Å². The summed E-state index contributed by atoms with van der Waals surface area (Å²) in [5, 5.41) is 17.7. The quantitative estimate of drug-likeness (QED) is 0.357. The molecule has 11 nitrogen and oxygen atoms in total. The van der Waals surface area contributed by atoms with Gasteiger partial charge in [-0.05, 0) is 24.3 Å². The minimum Gasteiger partial charge on any atom is -0.497 e. The first kappa shape index (κ1) is 19.1. The summed E-state index contributed by atoms with van der Waals surface area (Å²) in [6.07, 6.45) is -1.64. The van der Waals surface area contributed by atoms with Crippen LogP contribution in [0.2, 0.25) is 0 Å². The molecule has 0 radical (unpaired) electrons. The van der Waals surface area contributed by atoms with Crippen molar-refractivity contribution in [3.8, 4) is 5.75 Å². The van der Waals surface area contributed by atoms with Gasteiger partial charge in [0.25, 0.3) is 11.8 Å². The van der Waals surface area contributed by atoms with Crippen molar-refractivity contribution < 1.29 is 37.9 Å². The summed E-state index contributed by atoms with van der Waals surface area (Å²) in [5.41, 5.74) is 2.62. The number of nitrogens with zero attached hydrogens (tertiary/aromatic N) is 1. The number of morpholine rings is 1. The van der Waals surface area contributed by atoms with Crippen LogP contribution in [0.25, 0.3) is 0 Å². The molecule has 4 N–H and O–H groups in total. The van der Waals surface area contributed by atoms with Crippen LogP contribution in [0.5, 0.6) is 5.75 Å². The van der Waals surface area contributed by atoms with Gasteiger partial charge in [0.15, 0.2) is 6.10 Å². The first-order valence-corrected chi connectivity index (χ1v) is 8.46. The normalized spacial score (nSPS) is 21.4. The lowest BCUT2D eigenvalue weighted by Gasteiger charge is -2.37. The zero-order valence-corrected chi connectivity index (χ0v) is 13.9. The van der Waals surface area contributed by atoms with Gasteiger partial charge in [-0.25, -0.2) is 19.4 Å². The zero-order valence-electron chi connectivity index (χ0n) is 13.1. The number of methoxy groups -OCH3 is 1. The Hall–Kier alpha value is -2.25. The van der Waals surface area contributed by atoms with Gasteiger partial charge in [0.2, 0.25) is 10.0 Å². The highest BCUT2D eigenvalue weighted by molar-refractivity contribution is 7.89. The van der Waals surface area contributed by atoms with Crippen LogP contribution in [-0.2, 0) is 24.3 Å². The van der Waals surface area contributed by atoms with Crippen LogP contribution in [0.15, 0.2) is 29.2 Å². The van der Waals surface area contributed by atoms with Gasteiger partial charge >= 0.3 is 0 Å². The third-order valence-electron chi connectivity index (χ3n) is 3.62. The highest BCUT2D eigenvalue weighted by atomic mass is 32.2. The molecule has 2 amide bonds. The van der Waals surface area contributed by atoms with Gasteiger partial charge in [0, 0.05) is 6.54 Å².